The zero-order valence-electron chi connectivity index (χ0n) is 22.2. The zero-order chi connectivity index (χ0) is 27.6. The van der Waals surface area contributed by atoms with Gasteiger partial charge in [-0.2, -0.15) is 5.26 Å². The number of ether oxygens (including phenoxy) is 3. The molecule has 1 aliphatic heterocycles. The second kappa shape index (κ2) is 13.9. The molecule has 0 aliphatic carbocycles. The zero-order valence-corrected chi connectivity index (χ0v) is 23.1. The first kappa shape index (κ1) is 29.0. The number of phosphoric ester groups is 1. The fourth-order valence-electron chi connectivity index (χ4n) is 4.66. The lowest BCUT2D eigenvalue weighted by Crippen LogP contribution is -2.38. The largest absolute Gasteiger partial charge is 0.497 e. The molecule has 8 nitrogen and oxygen atoms in total. The summed E-state index contributed by atoms with van der Waals surface area (Å²) in [6, 6.07) is 29.8. The molecule has 39 heavy (non-hydrogen) atoms. The molecule has 3 aromatic rings. The molecule has 0 aromatic heterocycles. The molecule has 4 rings (SSSR count). The second-order valence-electron chi connectivity index (χ2n) is 8.90. The fourth-order valence-corrected chi connectivity index (χ4v) is 6.06. The molecule has 3 aromatic carbocycles. The predicted octanol–water partition coefficient (Wildman–Crippen LogP) is 6.25. The van der Waals surface area contributed by atoms with Gasteiger partial charge in [-0.1, -0.05) is 72.8 Å². The van der Waals surface area contributed by atoms with Crippen LogP contribution in [0.3, 0.4) is 0 Å². The average Bonchev–Trinajstić information content (AvgIpc) is 3.41. The van der Waals surface area contributed by atoms with Crippen LogP contribution in [0.5, 0.6) is 5.75 Å². The van der Waals surface area contributed by atoms with E-state index in [1.54, 1.807) is 14.0 Å². The minimum Gasteiger partial charge on any atom is -0.497 e. The van der Waals surface area contributed by atoms with E-state index in [1.807, 2.05) is 91.0 Å². The monoisotopic (exact) mass is 551 g/mol. The molecule has 1 aliphatic rings. The van der Waals surface area contributed by atoms with Crippen molar-refractivity contribution in [2.24, 2.45) is 0 Å². The Morgan fingerprint density at radius 3 is 2.13 bits per heavy atom. The maximum atomic E-state index is 13.2. The number of nitriles is 1. The Morgan fingerprint density at radius 2 is 1.56 bits per heavy atom. The molecule has 3 atom stereocenters. The Bertz CT molecular complexity index is 1210. The Balaban J connectivity index is 1.66. The highest BCUT2D eigenvalue weighted by Gasteiger charge is 2.42. The van der Waals surface area contributed by atoms with Crippen LogP contribution in [-0.2, 0) is 33.2 Å². The lowest BCUT2D eigenvalue weighted by atomic mass is 9.80. The topological polar surface area (TPSA) is 96.2 Å². The molecule has 0 bridgehead atoms. The van der Waals surface area contributed by atoms with Crippen molar-refractivity contribution in [3.8, 4) is 11.8 Å². The van der Waals surface area contributed by atoms with Gasteiger partial charge < -0.3 is 14.2 Å². The van der Waals surface area contributed by atoms with Gasteiger partial charge in [0.05, 0.1) is 39.4 Å². The minimum atomic E-state index is -3.88. The highest BCUT2D eigenvalue weighted by molar-refractivity contribution is 7.48. The first-order chi connectivity index (χ1) is 19.0. The van der Waals surface area contributed by atoms with Crippen molar-refractivity contribution in [1.82, 2.24) is 0 Å². The number of hydrogen-bond donors (Lipinski definition) is 0. The summed E-state index contributed by atoms with van der Waals surface area (Å²) in [5, 5.41) is 8.83. The van der Waals surface area contributed by atoms with Crippen molar-refractivity contribution >= 4 is 7.82 Å². The van der Waals surface area contributed by atoms with Crippen molar-refractivity contribution < 1.29 is 32.3 Å². The van der Waals surface area contributed by atoms with Gasteiger partial charge in [-0.05, 0) is 35.7 Å². The smallest absolute Gasteiger partial charge is 0.475 e. The fraction of sp³-hybridized carbons (Fsp3) is 0.367. The average molecular weight is 552 g/mol. The Morgan fingerprint density at radius 1 is 0.949 bits per heavy atom. The third-order valence-electron chi connectivity index (χ3n) is 6.49. The molecule has 1 fully saturated rings. The number of methoxy groups -OCH3 is 1. The predicted molar refractivity (Wildman–Crippen MR) is 146 cm³/mol. The molecule has 9 heteroatoms. The molecule has 206 valence electrons. The summed E-state index contributed by atoms with van der Waals surface area (Å²) in [5.74, 6) is 0.740. The van der Waals surface area contributed by atoms with E-state index in [-0.39, 0.29) is 26.2 Å². The van der Waals surface area contributed by atoms with Gasteiger partial charge in [0, 0.05) is 13.0 Å². The Kier molecular flexibility index (Phi) is 10.3. The summed E-state index contributed by atoms with van der Waals surface area (Å²) < 4.78 is 48.1. The van der Waals surface area contributed by atoms with Crippen LogP contribution in [-0.4, -0.2) is 45.7 Å². The lowest BCUT2D eigenvalue weighted by Gasteiger charge is -2.37. The van der Waals surface area contributed by atoms with E-state index < -0.39 is 25.6 Å². The van der Waals surface area contributed by atoms with Crippen LogP contribution in [0, 0.1) is 11.3 Å². The summed E-state index contributed by atoms with van der Waals surface area (Å²) in [6.45, 7) is 2.35. The summed E-state index contributed by atoms with van der Waals surface area (Å²) >= 11 is 0. The minimum absolute atomic E-state index is 0.0505. The van der Waals surface area contributed by atoms with E-state index in [1.165, 1.54) is 0 Å². The van der Waals surface area contributed by atoms with Gasteiger partial charge in [0.15, 0.2) is 0 Å². The van der Waals surface area contributed by atoms with Gasteiger partial charge in [0.25, 0.3) is 0 Å². The molecule has 0 amide bonds. The highest BCUT2D eigenvalue weighted by atomic mass is 31.2. The first-order valence-corrected chi connectivity index (χ1v) is 14.5. The normalized spacial score (nSPS) is 18.8. The van der Waals surface area contributed by atoms with Crippen LogP contribution in [0.15, 0.2) is 84.9 Å². The first-order valence-electron chi connectivity index (χ1n) is 13.0. The van der Waals surface area contributed by atoms with Gasteiger partial charge in [-0.3, -0.25) is 13.6 Å². The number of hydrogen-bond acceptors (Lipinski definition) is 8. The van der Waals surface area contributed by atoms with E-state index in [9.17, 15) is 4.57 Å². The van der Waals surface area contributed by atoms with Crippen molar-refractivity contribution in [2.45, 2.75) is 37.6 Å². The van der Waals surface area contributed by atoms with E-state index in [0.717, 1.165) is 22.4 Å². The van der Waals surface area contributed by atoms with Crippen molar-refractivity contribution in [2.75, 3.05) is 33.5 Å². The van der Waals surface area contributed by atoms with E-state index in [4.69, 9.17) is 33.0 Å². The van der Waals surface area contributed by atoms with Gasteiger partial charge >= 0.3 is 7.82 Å². The third-order valence-corrected chi connectivity index (χ3v) is 8.09. The van der Waals surface area contributed by atoms with Crippen LogP contribution >= 0.6 is 7.82 Å². The number of phosphoric acid groups is 1. The molecule has 1 unspecified atom stereocenters. The number of rotatable bonds is 14. The summed E-state index contributed by atoms with van der Waals surface area (Å²) in [5.41, 5.74) is 1.82. The number of nitrogens with zero attached hydrogens (tertiary/aromatic N) is 1. The quantitative estimate of drug-likeness (QED) is 0.132. The molecule has 1 heterocycles. The SMILES string of the molecule is CCOP(=O)(OCCC#N)O[C@H]1CCO[C@@H]1COC(c1ccccc1)(c1ccccc1)c1ccc(OC)cc1. The summed E-state index contributed by atoms with van der Waals surface area (Å²) in [4.78, 5) is 0. The molecule has 0 N–H and O–H groups in total. The van der Waals surface area contributed by atoms with Crippen LogP contribution in [0.2, 0.25) is 0 Å². The maximum absolute atomic E-state index is 13.2. The van der Waals surface area contributed by atoms with E-state index in [0.29, 0.717) is 13.0 Å². The lowest BCUT2D eigenvalue weighted by molar-refractivity contribution is -0.0705. The van der Waals surface area contributed by atoms with Gasteiger partial charge in [0.2, 0.25) is 0 Å². The highest BCUT2D eigenvalue weighted by Crippen LogP contribution is 2.52. The van der Waals surface area contributed by atoms with Crippen LogP contribution in [0.1, 0.15) is 36.5 Å². The van der Waals surface area contributed by atoms with Crippen molar-refractivity contribution in [3.05, 3.63) is 102 Å². The van der Waals surface area contributed by atoms with Gasteiger partial charge in [0.1, 0.15) is 23.6 Å². The van der Waals surface area contributed by atoms with Crippen LogP contribution < -0.4 is 4.74 Å². The molecule has 0 spiro atoms. The van der Waals surface area contributed by atoms with Gasteiger partial charge in [-0.25, -0.2) is 4.57 Å². The third kappa shape index (κ3) is 6.95. The van der Waals surface area contributed by atoms with Crippen LogP contribution in [0.25, 0.3) is 0 Å². The van der Waals surface area contributed by atoms with Crippen molar-refractivity contribution in [3.63, 3.8) is 0 Å². The Hall–Kier alpha value is -3.02. The Labute approximate surface area is 230 Å². The van der Waals surface area contributed by atoms with Crippen molar-refractivity contribution in [1.29, 1.82) is 5.26 Å². The second-order valence-corrected chi connectivity index (χ2v) is 10.5. The summed E-state index contributed by atoms with van der Waals surface area (Å²) in [7, 11) is -2.25. The van der Waals surface area contributed by atoms with E-state index in [2.05, 4.69) is 0 Å². The number of benzene rings is 3. The molecule has 0 saturated carbocycles. The summed E-state index contributed by atoms with van der Waals surface area (Å²) in [6.07, 6.45) is -0.529. The maximum Gasteiger partial charge on any atom is 0.475 e. The molecule has 0 radical (unpaired) electrons. The molecular weight excluding hydrogens is 517 g/mol. The van der Waals surface area contributed by atoms with Crippen LogP contribution in [0.4, 0.5) is 0 Å². The van der Waals surface area contributed by atoms with E-state index >= 15 is 0 Å². The standard InChI is InChI=1S/C30H34NO7P/c1-3-36-39(32,37-21-10-20-31)38-28-19-22-34-29(28)23-35-30(24-11-6-4-7-12-24,25-13-8-5-9-14-25)26-15-17-27(33-2)18-16-26/h4-9,11-18,28-29H,3,10,19,21-23H2,1-2H3/t28-,29+,39?/m0/s1. The molecule has 1 saturated heterocycles. The molecular formula is C30H34NO7P. The van der Waals surface area contributed by atoms with Gasteiger partial charge in [-0.15, -0.1) is 0 Å².